The third-order valence-electron chi connectivity index (χ3n) is 1.30. The summed E-state index contributed by atoms with van der Waals surface area (Å²) in [6.07, 6.45) is 3.21. The molecule has 0 aliphatic heterocycles. The molecule has 0 heterocycles. The van der Waals surface area contributed by atoms with Gasteiger partial charge in [0.2, 0.25) is 0 Å². The summed E-state index contributed by atoms with van der Waals surface area (Å²) < 4.78 is 0. The maximum atomic E-state index is 11.1. The van der Waals surface area contributed by atoms with Gasteiger partial charge in [-0.05, 0) is 12.0 Å². The Hall–Kier alpha value is -1.11. The van der Waals surface area contributed by atoms with Crippen LogP contribution >= 0.6 is 0 Å². The molecule has 66 valence electrons. The van der Waals surface area contributed by atoms with Crippen molar-refractivity contribution >= 4 is 5.78 Å². The summed E-state index contributed by atoms with van der Waals surface area (Å²) in [6, 6.07) is 0. The first kappa shape index (κ1) is 10.9. The summed E-state index contributed by atoms with van der Waals surface area (Å²) in [5.41, 5.74) is 2.61. The third kappa shape index (κ3) is 3.91. The standard InChI is InChI=1S/C10H14O2/c1-4-9(7-11)10(12)6-5-8(2)3/h5-6,8,11H,1,7H2,2-3H3/b6-5+. The van der Waals surface area contributed by atoms with Gasteiger partial charge in [-0.15, -0.1) is 5.73 Å². The van der Waals surface area contributed by atoms with Crippen LogP contribution in [0.3, 0.4) is 0 Å². The van der Waals surface area contributed by atoms with Gasteiger partial charge in [-0.2, -0.15) is 0 Å². The fourth-order valence-corrected chi connectivity index (χ4v) is 0.601. The van der Waals surface area contributed by atoms with E-state index in [4.69, 9.17) is 5.11 Å². The molecule has 0 aromatic rings. The number of rotatable bonds is 4. The number of carbonyl (C=O) groups is 1. The first-order valence-corrected chi connectivity index (χ1v) is 3.84. The molecule has 0 unspecified atom stereocenters. The van der Waals surface area contributed by atoms with Crippen molar-refractivity contribution in [2.75, 3.05) is 6.61 Å². The molecule has 0 aromatic carbocycles. The van der Waals surface area contributed by atoms with Gasteiger partial charge < -0.3 is 5.11 Å². The van der Waals surface area contributed by atoms with Crippen molar-refractivity contribution in [1.29, 1.82) is 0 Å². The van der Waals surface area contributed by atoms with Crippen LogP contribution < -0.4 is 0 Å². The Labute approximate surface area is 72.9 Å². The van der Waals surface area contributed by atoms with Crippen LogP contribution in [-0.2, 0) is 4.79 Å². The molecule has 12 heavy (non-hydrogen) atoms. The van der Waals surface area contributed by atoms with E-state index in [1.165, 1.54) is 6.08 Å². The van der Waals surface area contributed by atoms with Crippen molar-refractivity contribution in [2.24, 2.45) is 5.92 Å². The highest BCUT2D eigenvalue weighted by molar-refractivity contribution is 6.03. The Balaban J connectivity index is 4.31. The summed E-state index contributed by atoms with van der Waals surface area (Å²) in [5.74, 6) is 0.111. The van der Waals surface area contributed by atoms with Crippen molar-refractivity contribution in [3.63, 3.8) is 0 Å². The zero-order valence-electron chi connectivity index (χ0n) is 7.50. The van der Waals surface area contributed by atoms with E-state index in [-0.39, 0.29) is 18.0 Å². The van der Waals surface area contributed by atoms with Gasteiger partial charge >= 0.3 is 0 Å². The molecule has 2 nitrogen and oxygen atoms in total. The fourth-order valence-electron chi connectivity index (χ4n) is 0.601. The molecule has 0 aliphatic rings. The van der Waals surface area contributed by atoms with Gasteiger partial charge in [0.05, 0.1) is 12.2 Å². The second-order valence-corrected chi connectivity index (χ2v) is 2.78. The second-order valence-electron chi connectivity index (χ2n) is 2.78. The zero-order valence-corrected chi connectivity index (χ0v) is 7.50. The SMILES string of the molecule is C=C=C(CO)C(=O)/C=C/C(C)C. The molecular formula is C10H14O2. The lowest BCUT2D eigenvalue weighted by Gasteiger charge is -1.95. The molecule has 0 saturated carbocycles. The van der Waals surface area contributed by atoms with Crippen LogP contribution in [0.1, 0.15) is 13.8 Å². The van der Waals surface area contributed by atoms with Crippen LogP contribution in [0, 0.1) is 5.92 Å². The molecule has 0 aromatic heterocycles. The average molecular weight is 166 g/mol. The van der Waals surface area contributed by atoms with E-state index in [0.717, 1.165) is 0 Å². The first-order valence-electron chi connectivity index (χ1n) is 3.84. The molecule has 0 saturated heterocycles. The molecule has 0 rings (SSSR count). The Kier molecular flexibility index (Phi) is 5.02. The maximum absolute atomic E-state index is 11.1. The molecule has 0 bridgehead atoms. The number of allylic oxidation sites excluding steroid dienone is 2. The van der Waals surface area contributed by atoms with E-state index < -0.39 is 0 Å². The van der Waals surface area contributed by atoms with Crippen LogP contribution in [0.4, 0.5) is 0 Å². The molecule has 0 radical (unpaired) electrons. The van der Waals surface area contributed by atoms with Crippen molar-refractivity contribution in [2.45, 2.75) is 13.8 Å². The Morgan fingerprint density at radius 3 is 2.58 bits per heavy atom. The van der Waals surface area contributed by atoms with Gasteiger partial charge in [0.15, 0.2) is 5.78 Å². The van der Waals surface area contributed by atoms with E-state index in [1.807, 2.05) is 13.8 Å². The van der Waals surface area contributed by atoms with Gasteiger partial charge in [-0.3, -0.25) is 4.79 Å². The molecule has 0 spiro atoms. The fraction of sp³-hybridized carbons (Fsp3) is 0.400. The number of aliphatic hydroxyl groups is 1. The van der Waals surface area contributed by atoms with Crippen molar-refractivity contribution in [3.8, 4) is 0 Å². The Morgan fingerprint density at radius 1 is 1.67 bits per heavy atom. The second kappa shape index (κ2) is 5.53. The third-order valence-corrected chi connectivity index (χ3v) is 1.30. The Bertz CT molecular complexity index is 230. The van der Waals surface area contributed by atoms with E-state index in [0.29, 0.717) is 5.92 Å². The number of hydrogen-bond acceptors (Lipinski definition) is 2. The summed E-state index contributed by atoms with van der Waals surface area (Å²) in [4.78, 5) is 11.1. The highest BCUT2D eigenvalue weighted by Crippen LogP contribution is 1.98. The molecule has 0 fully saturated rings. The lowest BCUT2D eigenvalue weighted by atomic mass is 10.1. The summed E-state index contributed by atoms with van der Waals surface area (Å²) in [5, 5.41) is 8.67. The molecule has 2 heteroatoms. The quantitative estimate of drug-likeness (QED) is 0.507. The van der Waals surface area contributed by atoms with Crippen LogP contribution in [0.2, 0.25) is 0 Å². The van der Waals surface area contributed by atoms with Crippen molar-refractivity contribution < 1.29 is 9.90 Å². The van der Waals surface area contributed by atoms with Crippen molar-refractivity contribution in [1.82, 2.24) is 0 Å². The van der Waals surface area contributed by atoms with E-state index in [9.17, 15) is 4.79 Å². The largest absolute Gasteiger partial charge is 0.391 e. The number of hydrogen-bond donors (Lipinski definition) is 1. The predicted octanol–water partition coefficient (Wildman–Crippen LogP) is 1.47. The topological polar surface area (TPSA) is 37.3 Å². The Morgan fingerprint density at radius 2 is 2.25 bits per heavy atom. The zero-order chi connectivity index (χ0) is 9.56. The number of carbonyl (C=O) groups excluding carboxylic acids is 1. The van der Waals surface area contributed by atoms with Crippen LogP contribution in [-0.4, -0.2) is 17.5 Å². The van der Waals surface area contributed by atoms with Gasteiger partial charge in [0, 0.05) is 0 Å². The van der Waals surface area contributed by atoms with Crippen LogP contribution in [0.5, 0.6) is 0 Å². The number of ketones is 1. The van der Waals surface area contributed by atoms with Gasteiger partial charge in [-0.25, -0.2) is 0 Å². The van der Waals surface area contributed by atoms with Crippen LogP contribution in [0.25, 0.3) is 0 Å². The smallest absolute Gasteiger partial charge is 0.191 e. The summed E-state index contributed by atoms with van der Waals surface area (Å²) in [6.45, 7) is 6.95. The maximum Gasteiger partial charge on any atom is 0.191 e. The summed E-state index contributed by atoms with van der Waals surface area (Å²) in [7, 11) is 0. The normalized spacial score (nSPS) is 10.3. The van der Waals surface area contributed by atoms with Gasteiger partial charge in [0.1, 0.15) is 0 Å². The minimum Gasteiger partial charge on any atom is -0.391 e. The molecule has 0 atom stereocenters. The van der Waals surface area contributed by atoms with E-state index in [2.05, 4.69) is 12.3 Å². The lowest BCUT2D eigenvalue weighted by molar-refractivity contribution is -0.111. The van der Waals surface area contributed by atoms with Crippen molar-refractivity contribution in [3.05, 3.63) is 30.0 Å². The van der Waals surface area contributed by atoms with Crippen LogP contribution in [0.15, 0.2) is 30.0 Å². The molecule has 0 amide bonds. The first-order chi connectivity index (χ1) is 5.61. The molecule has 0 aliphatic carbocycles. The van der Waals surface area contributed by atoms with E-state index >= 15 is 0 Å². The van der Waals surface area contributed by atoms with Gasteiger partial charge in [0.25, 0.3) is 0 Å². The van der Waals surface area contributed by atoms with Gasteiger partial charge in [-0.1, -0.05) is 26.5 Å². The monoisotopic (exact) mass is 166 g/mol. The molecular weight excluding hydrogens is 152 g/mol. The highest BCUT2D eigenvalue weighted by atomic mass is 16.3. The molecule has 1 N–H and O–H groups in total. The minimum atomic E-state index is -0.301. The lowest BCUT2D eigenvalue weighted by Crippen LogP contribution is -2.02. The highest BCUT2D eigenvalue weighted by Gasteiger charge is 2.02. The predicted molar refractivity (Wildman–Crippen MR) is 48.7 cm³/mol. The average Bonchev–Trinajstić information content (AvgIpc) is 2.03. The minimum absolute atomic E-state index is 0.215. The number of aliphatic hydroxyl groups excluding tert-OH is 1. The van der Waals surface area contributed by atoms with E-state index in [1.54, 1.807) is 6.08 Å². The summed E-state index contributed by atoms with van der Waals surface area (Å²) >= 11 is 0.